The quantitative estimate of drug-likeness (QED) is 0.897. The normalized spacial score (nSPS) is 11.1. The fraction of sp³-hybridized carbons (Fsp3) is 0.467. The van der Waals surface area contributed by atoms with E-state index < -0.39 is 0 Å². The first-order chi connectivity index (χ1) is 9.60. The Hall–Kier alpha value is -1.59. The third-order valence-electron chi connectivity index (χ3n) is 2.67. The summed E-state index contributed by atoms with van der Waals surface area (Å²) in [5, 5.41) is 6.20. The number of nitrogens with one attached hydrogen (secondary N) is 2. The molecule has 1 aromatic carbocycles. The van der Waals surface area contributed by atoms with Crippen molar-refractivity contribution in [1.82, 2.24) is 10.2 Å². The predicted molar refractivity (Wildman–Crippen MR) is 85.9 cm³/mol. The number of carbonyl (C=O) groups is 2. The van der Waals surface area contributed by atoms with Crippen LogP contribution in [0.15, 0.2) is 18.2 Å². The van der Waals surface area contributed by atoms with E-state index in [0.29, 0.717) is 16.3 Å². The molecule has 2 N–H and O–H groups in total. The molecule has 116 valence electrons. The molecule has 0 aromatic heterocycles. The lowest BCUT2D eigenvalue weighted by Gasteiger charge is -2.20. The van der Waals surface area contributed by atoms with Crippen LogP contribution in [0.2, 0.25) is 5.02 Å². The van der Waals surface area contributed by atoms with Gasteiger partial charge in [0.2, 0.25) is 5.91 Å². The number of hydrogen-bond donors (Lipinski definition) is 2. The Morgan fingerprint density at radius 3 is 2.38 bits per heavy atom. The Morgan fingerprint density at radius 2 is 1.86 bits per heavy atom. The van der Waals surface area contributed by atoms with Crippen LogP contribution in [0.1, 0.15) is 31.1 Å². The van der Waals surface area contributed by atoms with Gasteiger partial charge in [-0.05, 0) is 39.0 Å². The summed E-state index contributed by atoms with van der Waals surface area (Å²) in [5.41, 5.74) is 0.775. The van der Waals surface area contributed by atoms with Crippen molar-refractivity contribution < 1.29 is 9.59 Å². The second-order valence-electron chi connectivity index (χ2n) is 6.05. The molecular weight excluding hydrogens is 290 g/mol. The number of rotatable bonds is 4. The molecule has 0 saturated heterocycles. The molecule has 0 radical (unpaired) electrons. The zero-order valence-electron chi connectivity index (χ0n) is 13.1. The van der Waals surface area contributed by atoms with E-state index in [4.69, 9.17) is 11.6 Å². The maximum Gasteiger partial charge on any atom is 0.254 e. The summed E-state index contributed by atoms with van der Waals surface area (Å²) in [4.78, 5) is 25.3. The molecule has 0 aliphatic rings. The van der Waals surface area contributed by atoms with Crippen molar-refractivity contribution >= 4 is 29.1 Å². The molecule has 0 heterocycles. The number of carbonyl (C=O) groups excluding carboxylic acids is 2. The third-order valence-corrected chi connectivity index (χ3v) is 3.00. The highest BCUT2D eigenvalue weighted by Gasteiger charge is 2.15. The maximum absolute atomic E-state index is 12.0. The largest absolute Gasteiger partial charge is 0.345 e. The number of benzene rings is 1. The monoisotopic (exact) mass is 311 g/mol. The van der Waals surface area contributed by atoms with Gasteiger partial charge < -0.3 is 15.5 Å². The minimum atomic E-state index is -0.205. The first-order valence-electron chi connectivity index (χ1n) is 6.66. The number of nitrogens with zero attached hydrogens (tertiary/aromatic N) is 1. The molecule has 0 aliphatic carbocycles. The Kier molecular flexibility index (Phi) is 5.75. The molecule has 2 amide bonds. The summed E-state index contributed by atoms with van der Waals surface area (Å²) in [5.74, 6) is -0.376. The number of hydrogen-bond acceptors (Lipinski definition) is 3. The van der Waals surface area contributed by atoms with E-state index in [0.717, 1.165) is 0 Å². The van der Waals surface area contributed by atoms with Gasteiger partial charge in [0.15, 0.2) is 0 Å². The molecule has 0 spiro atoms. The molecule has 0 unspecified atom stereocenters. The third kappa shape index (κ3) is 5.73. The van der Waals surface area contributed by atoms with Gasteiger partial charge in [0.05, 0.1) is 17.1 Å². The summed E-state index contributed by atoms with van der Waals surface area (Å²) in [6.45, 7) is 6.15. The van der Waals surface area contributed by atoms with Gasteiger partial charge in [-0.25, -0.2) is 0 Å². The summed E-state index contributed by atoms with van der Waals surface area (Å²) < 4.78 is 0. The van der Waals surface area contributed by atoms with Gasteiger partial charge in [-0.3, -0.25) is 9.59 Å². The van der Waals surface area contributed by atoms with E-state index >= 15 is 0 Å². The topological polar surface area (TPSA) is 61.4 Å². The first kappa shape index (κ1) is 17.5. The second-order valence-corrected chi connectivity index (χ2v) is 6.45. The highest BCUT2D eigenvalue weighted by Crippen LogP contribution is 2.21. The summed E-state index contributed by atoms with van der Waals surface area (Å²) >= 11 is 6.02. The molecule has 0 fully saturated rings. The van der Waals surface area contributed by atoms with Crippen molar-refractivity contribution in [1.29, 1.82) is 0 Å². The standard InChI is InChI=1S/C15H22ClN3O2/c1-15(2,3)17-9-13(20)18-10-6-7-12(16)11(8-10)14(21)19(4)5/h6-8,17H,9H2,1-5H3,(H,18,20). The molecule has 0 aliphatic heterocycles. The molecule has 1 aromatic rings. The van der Waals surface area contributed by atoms with Gasteiger partial charge in [0.1, 0.15) is 0 Å². The number of anilines is 1. The smallest absolute Gasteiger partial charge is 0.254 e. The Bertz CT molecular complexity index is 536. The average Bonchev–Trinajstić information content (AvgIpc) is 2.37. The van der Waals surface area contributed by atoms with Gasteiger partial charge in [-0.15, -0.1) is 0 Å². The van der Waals surface area contributed by atoms with Gasteiger partial charge in [-0.1, -0.05) is 11.6 Å². The van der Waals surface area contributed by atoms with E-state index in [1.165, 1.54) is 4.90 Å². The lowest BCUT2D eigenvalue weighted by molar-refractivity contribution is -0.115. The van der Waals surface area contributed by atoms with Crippen molar-refractivity contribution in [3.8, 4) is 0 Å². The van der Waals surface area contributed by atoms with E-state index in [1.54, 1.807) is 32.3 Å². The van der Waals surface area contributed by atoms with E-state index in [9.17, 15) is 9.59 Å². The molecule has 0 saturated carbocycles. The van der Waals surface area contributed by atoms with Crippen LogP contribution in [0.5, 0.6) is 0 Å². The Morgan fingerprint density at radius 1 is 1.24 bits per heavy atom. The molecule has 0 bridgehead atoms. The van der Waals surface area contributed by atoms with Crippen LogP contribution >= 0.6 is 11.6 Å². The van der Waals surface area contributed by atoms with Gasteiger partial charge in [-0.2, -0.15) is 0 Å². The van der Waals surface area contributed by atoms with Gasteiger partial charge in [0.25, 0.3) is 5.91 Å². The SMILES string of the molecule is CN(C)C(=O)c1cc(NC(=O)CNC(C)(C)C)ccc1Cl. The van der Waals surface area contributed by atoms with Crippen LogP contribution in [-0.2, 0) is 4.79 Å². The minimum Gasteiger partial charge on any atom is -0.345 e. The first-order valence-corrected chi connectivity index (χ1v) is 7.04. The molecular formula is C15H22ClN3O2. The number of halogens is 1. The van der Waals surface area contributed by atoms with E-state index in [1.807, 2.05) is 20.8 Å². The Balaban J connectivity index is 2.79. The minimum absolute atomic E-state index is 0.136. The summed E-state index contributed by atoms with van der Waals surface area (Å²) in [6.07, 6.45) is 0. The van der Waals surface area contributed by atoms with Crippen molar-refractivity contribution in [3.63, 3.8) is 0 Å². The van der Waals surface area contributed by atoms with Crippen LogP contribution in [-0.4, -0.2) is 42.9 Å². The van der Waals surface area contributed by atoms with Crippen LogP contribution in [0.3, 0.4) is 0 Å². The maximum atomic E-state index is 12.0. The van der Waals surface area contributed by atoms with E-state index in [-0.39, 0.29) is 23.9 Å². The van der Waals surface area contributed by atoms with Crippen LogP contribution in [0, 0.1) is 0 Å². The zero-order valence-corrected chi connectivity index (χ0v) is 13.8. The molecule has 21 heavy (non-hydrogen) atoms. The van der Waals surface area contributed by atoms with Crippen molar-refractivity contribution in [2.24, 2.45) is 0 Å². The van der Waals surface area contributed by atoms with Crippen LogP contribution in [0.25, 0.3) is 0 Å². The van der Waals surface area contributed by atoms with Crippen LogP contribution in [0.4, 0.5) is 5.69 Å². The van der Waals surface area contributed by atoms with Crippen molar-refractivity contribution in [2.45, 2.75) is 26.3 Å². The fourth-order valence-electron chi connectivity index (χ4n) is 1.56. The summed E-state index contributed by atoms with van der Waals surface area (Å²) in [7, 11) is 3.30. The number of amides is 2. The lowest BCUT2D eigenvalue weighted by Crippen LogP contribution is -2.41. The Labute approximate surface area is 130 Å². The van der Waals surface area contributed by atoms with Gasteiger partial charge >= 0.3 is 0 Å². The average molecular weight is 312 g/mol. The zero-order chi connectivity index (χ0) is 16.2. The highest BCUT2D eigenvalue weighted by molar-refractivity contribution is 6.34. The molecule has 0 atom stereocenters. The second kappa shape index (κ2) is 6.91. The van der Waals surface area contributed by atoms with Gasteiger partial charge in [0, 0.05) is 25.3 Å². The molecule has 5 nitrogen and oxygen atoms in total. The fourth-order valence-corrected chi connectivity index (χ4v) is 1.76. The van der Waals surface area contributed by atoms with Crippen molar-refractivity contribution in [3.05, 3.63) is 28.8 Å². The molecule has 6 heteroatoms. The lowest BCUT2D eigenvalue weighted by atomic mass is 10.1. The predicted octanol–water partition coefficient (Wildman–Crippen LogP) is 2.37. The van der Waals surface area contributed by atoms with Crippen LogP contribution < -0.4 is 10.6 Å². The highest BCUT2D eigenvalue weighted by atomic mass is 35.5. The van der Waals surface area contributed by atoms with E-state index in [2.05, 4.69) is 10.6 Å². The van der Waals surface area contributed by atoms with Crippen molar-refractivity contribution in [2.75, 3.05) is 26.0 Å². The summed E-state index contributed by atoms with van der Waals surface area (Å²) in [6, 6.07) is 4.86. The molecule has 1 rings (SSSR count).